The van der Waals surface area contributed by atoms with Crippen molar-refractivity contribution in [3.05, 3.63) is 47.0 Å². The number of aliphatic hydroxyl groups excluding tert-OH is 1. The Hall–Kier alpha value is -2.21. The van der Waals surface area contributed by atoms with E-state index in [9.17, 15) is 19.1 Å². The second kappa shape index (κ2) is 7.57. The van der Waals surface area contributed by atoms with E-state index in [2.05, 4.69) is 0 Å². The van der Waals surface area contributed by atoms with Gasteiger partial charge in [-0.1, -0.05) is 25.1 Å². The quantitative estimate of drug-likeness (QED) is 0.832. The molecular weight excluding hydrogens is 311 g/mol. The molecule has 0 saturated heterocycles. The number of nitrogens with zero attached hydrogens (tertiary/aromatic N) is 2. The Morgan fingerprint density at radius 3 is 2.58 bits per heavy atom. The van der Waals surface area contributed by atoms with E-state index in [0.717, 1.165) is 6.54 Å². The Morgan fingerprint density at radius 2 is 2.00 bits per heavy atom. The molecule has 24 heavy (non-hydrogen) atoms. The maximum atomic E-state index is 14.3. The number of carbonyl (C=O) groups is 2. The van der Waals surface area contributed by atoms with Gasteiger partial charge in [0.2, 0.25) is 0 Å². The van der Waals surface area contributed by atoms with Crippen LogP contribution in [-0.2, 0) is 9.59 Å². The molecule has 1 aromatic rings. The number of benzene rings is 1. The lowest BCUT2D eigenvalue weighted by atomic mass is 9.94. The molecule has 1 heterocycles. The van der Waals surface area contributed by atoms with Crippen LogP contribution in [-0.4, -0.2) is 53.8 Å². The first-order valence-corrected chi connectivity index (χ1v) is 8.04. The van der Waals surface area contributed by atoms with Gasteiger partial charge in [0.15, 0.2) is 11.5 Å². The normalized spacial score (nSPS) is 18.0. The Bertz CT molecular complexity index is 670. The standard InChI is InChI=1S/C18H23FN2O3/c1-4-14(22)15-16(12-8-5-6-9-13(12)19)21(18(24)17(15)23)11-7-10-20(2)3/h5-6,8-9,16,23H,4,7,10-11H2,1-3H3. The van der Waals surface area contributed by atoms with Crippen molar-refractivity contribution in [3.63, 3.8) is 0 Å². The minimum Gasteiger partial charge on any atom is -0.503 e. The number of rotatable bonds is 7. The van der Waals surface area contributed by atoms with Crippen LogP contribution in [0.1, 0.15) is 31.4 Å². The first-order chi connectivity index (χ1) is 11.4. The van der Waals surface area contributed by atoms with Crippen molar-refractivity contribution in [3.8, 4) is 0 Å². The molecule has 0 saturated carbocycles. The summed E-state index contributed by atoms with van der Waals surface area (Å²) in [5.41, 5.74) is 0.231. The number of hydrogen-bond acceptors (Lipinski definition) is 4. The van der Waals surface area contributed by atoms with Crippen LogP contribution in [0.25, 0.3) is 0 Å². The molecule has 1 aliphatic rings. The van der Waals surface area contributed by atoms with Crippen LogP contribution < -0.4 is 0 Å². The van der Waals surface area contributed by atoms with Gasteiger partial charge in [-0.2, -0.15) is 0 Å². The van der Waals surface area contributed by atoms with Gasteiger partial charge in [-0.25, -0.2) is 4.39 Å². The fraction of sp³-hybridized carbons (Fsp3) is 0.444. The van der Waals surface area contributed by atoms with Gasteiger partial charge >= 0.3 is 0 Å². The predicted octanol–water partition coefficient (Wildman–Crippen LogP) is 2.45. The zero-order valence-electron chi connectivity index (χ0n) is 14.3. The van der Waals surface area contributed by atoms with Crippen molar-refractivity contribution in [2.75, 3.05) is 27.2 Å². The molecule has 0 aliphatic carbocycles. The van der Waals surface area contributed by atoms with E-state index in [1.165, 1.54) is 11.0 Å². The summed E-state index contributed by atoms with van der Waals surface area (Å²) in [4.78, 5) is 28.1. The summed E-state index contributed by atoms with van der Waals surface area (Å²) < 4.78 is 14.3. The summed E-state index contributed by atoms with van der Waals surface area (Å²) in [6.07, 6.45) is 0.799. The molecule has 1 amide bonds. The Morgan fingerprint density at radius 1 is 1.33 bits per heavy atom. The molecule has 1 aliphatic heterocycles. The van der Waals surface area contributed by atoms with E-state index in [1.807, 2.05) is 19.0 Å². The van der Waals surface area contributed by atoms with Crippen molar-refractivity contribution in [1.29, 1.82) is 0 Å². The van der Waals surface area contributed by atoms with Crippen LogP contribution in [0.3, 0.4) is 0 Å². The van der Waals surface area contributed by atoms with Crippen molar-refractivity contribution in [1.82, 2.24) is 9.80 Å². The van der Waals surface area contributed by atoms with Gasteiger partial charge in [-0.15, -0.1) is 0 Å². The summed E-state index contributed by atoms with van der Waals surface area (Å²) in [6.45, 7) is 2.73. The molecule has 1 N–H and O–H groups in total. The third kappa shape index (κ3) is 3.48. The largest absolute Gasteiger partial charge is 0.503 e. The molecule has 130 valence electrons. The highest BCUT2D eigenvalue weighted by Crippen LogP contribution is 2.39. The minimum atomic E-state index is -0.867. The summed E-state index contributed by atoms with van der Waals surface area (Å²) >= 11 is 0. The Balaban J connectivity index is 2.42. The van der Waals surface area contributed by atoms with Gasteiger partial charge in [-0.3, -0.25) is 9.59 Å². The van der Waals surface area contributed by atoms with Crippen molar-refractivity contribution >= 4 is 11.7 Å². The summed E-state index contributed by atoms with van der Waals surface area (Å²) in [5, 5.41) is 10.2. The fourth-order valence-corrected chi connectivity index (χ4v) is 2.94. The van der Waals surface area contributed by atoms with Crippen LogP contribution in [0.15, 0.2) is 35.6 Å². The van der Waals surface area contributed by atoms with E-state index >= 15 is 0 Å². The Kier molecular flexibility index (Phi) is 5.72. The van der Waals surface area contributed by atoms with Gasteiger partial charge in [-0.05, 0) is 33.1 Å². The predicted molar refractivity (Wildman–Crippen MR) is 89.0 cm³/mol. The smallest absolute Gasteiger partial charge is 0.290 e. The molecular formula is C18H23FN2O3. The number of halogens is 1. The molecule has 0 radical (unpaired) electrons. The summed E-state index contributed by atoms with van der Waals surface area (Å²) in [7, 11) is 3.84. The van der Waals surface area contributed by atoms with Crippen molar-refractivity contribution in [2.45, 2.75) is 25.8 Å². The van der Waals surface area contributed by atoms with Gasteiger partial charge in [0.05, 0.1) is 11.6 Å². The second-order valence-electron chi connectivity index (χ2n) is 6.12. The van der Waals surface area contributed by atoms with E-state index in [0.29, 0.717) is 13.0 Å². The molecule has 0 spiro atoms. The molecule has 0 bridgehead atoms. The molecule has 1 unspecified atom stereocenters. The topological polar surface area (TPSA) is 60.9 Å². The molecule has 2 rings (SSSR count). The number of hydrogen-bond donors (Lipinski definition) is 1. The number of amides is 1. The summed E-state index contributed by atoms with van der Waals surface area (Å²) in [6, 6.07) is 5.18. The van der Waals surface area contributed by atoms with E-state index < -0.39 is 23.5 Å². The van der Waals surface area contributed by atoms with Gasteiger partial charge in [0, 0.05) is 18.5 Å². The maximum absolute atomic E-state index is 14.3. The second-order valence-corrected chi connectivity index (χ2v) is 6.12. The van der Waals surface area contributed by atoms with E-state index in [4.69, 9.17) is 0 Å². The van der Waals surface area contributed by atoms with Crippen molar-refractivity contribution in [2.24, 2.45) is 0 Å². The van der Waals surface area contributed by atoms with Gasteiger partial charge in [0.1, 0.15) is 5.82 Å². The third-order valence-corrected chi connectivity index (χ3v) is 4.13. The van der Waals surface area contributed by atoms with Gasteiger partial charge in [0.25, 0.3) is 5.91 Å². The lowest BCUT2D eigenvalue weighted by Gasteiger charge is -2.27. The lowest BCUT2D eigenvalue weighted by Crippen LogP contribution is -2.33. The van der Waals surface area contributed by atoms with Gasteiger partial charge < -0.3 is 14.9 Å². The van der Waals surface area contributed by atoms with Crippen LogP contribution in [0.5, 0.6) is 0 Å². The lowest BCUT2D eigenvalue weighted by molar-refractivity contribution is -0.129. The molecule has 1 atom stereocenters. The third-order valence-electron chi connectivity index (χ3n) is 4.13. The average Bonchev–Trinajstić information content (AvgIpc) is 2.79. The van der Waals surface area contributed by atoms with Crippen LogP contribution in [0.4, 0.5) is 4.39 Å². The summed E-state index contributed by atoms with van der Waals surface area (Å²) in [5.74, 6) is -2.01. The minimum absolute atomic E-state index is 0.00236. The Labute approximate surface area is 141 Å². The van der Waals surface area contributed by atoms with E-state index in [1.54, 1.807) is 25.1 Å². The molecule has 5 nitrogen and oxygen atoms in total. The number of aliphatic hydroxyl groups is 1. The molecule has 1 aromatic carbocycles. The molecule has 0 aromatic heterocycles. The zero-order chi connectivity index (χ0) is 17.9. The fourth-order valence-electron chi connectivity index (χ4n) is 2.94. The van der Waals surface area contributed by atoms with E-state index in [-0.39, 0.29) is 23.3 Å². The van der Waals surface area contributed by atoms with Crippen LogP contribution >= 0.6 is 0 Å². The van der Waals surface area contributed by atoms with Crippen molar-refractivity contribution < 1.29 is 19.1 Å². The van der Waals surface area contributed by atoms with Crippen LogP contribution in [0, 0.1) is 5.82 Å². The maximum Gasteiger partial charge on any atom is 0.290 e. The number of ketones is 1. The highest BCUT2D eigenvalue weighted by Gasteiger charge is 2.43. The first-order valence-electron chi connectivity index (χ1n) is 8.04. The average molecular weight is 334 g/mol. The zero-order valence-corrected chi connectivity index (χ0v) is 14.3. The SMILES string of the molecule is CCC(=O)C1=C(O)C(=O)N(CCCN(C)C)C1c1ccccc1F. The molecule has 0 fully saturated rings. The molecule has 6 heteroatoms. The monoisotopic (exact) mass is 334 g/mol. The highest BCUT2D eigenvalue weighted by molar-refractivity contribution is 6.08. The number of carbonyl (C=O) groups excluding carboxylic acids is 2. The first kappa shape index (κ1) is 18.1. The highest BCUT2D eigenvalue weighted by atomic mass is 19.1. The number of Topliss-reactive ketones (excluding diaryl/α,β-unsaturated/α-hetero) is 1. The van der Waals surface area contributed by atoms with Crippen LogP contribution in [0.2, 0.25) is 0 Å².